The summed E-state index contributed by atoms with van der Waals surface area (Å²) < 4.78 is 14.9. The van der Waals surface area contributed by atoms with E-state index in [1.165, 1.54) is 106 Å². The van der Waals surface area contributed by atoms with Gasteiger partial charge in [0.25, 0.3) is 0 Å². The Labute approximate surface area is 661 Å². The average molecular weight is 1490 g/mol. The molecule has 24 rings (SSSR count). The molecule has 0 amide bonds. The number of nitrogens with zero attached hydrogens (tertiary/aromatic N) is 10. The van der Waals surface area contributed by atoms with Crippen molar-refractivity contribution in [1.82, 2.24) is 48.2 Å². The van der Waals surface area contributed by atoms with Crippen molar-refractivity contribution < 1.29 is 0 Å². The Bertz CT molecular complexity index is 7860. The van der Waals surface area contributed by atoms with Crippen LogP contribution in [-0.2, 0) is 0 Å². The summed E-state index contributed by atoms with van der Waals surface area (Å²) in [5.41, 5.74) is 19.6. The van der Waals surface area contributed by atoms with Crippen molar-refractivity contribution in [2.45, 2.75) is 0 Å². The Hall–Kier alpha value is -14.8. The lowest BCUT2D eigenvalue weighted by Crippen LogP contribution is -2.01. The zero-order valence-corrected chi connectivity index (χ0v) is 62.7. The second-order valence-corrected chi connectivity index (χ2v) is 31.0. The summed E-state index contributed by atoms with van der Waals surface area (Å²) in [5.74, 6) is 3.86. The molecule has 0 aliphatic carbocycles. The number of hydrogen-bond acceptors (Lipinski definition) is 8. The van der Waals surface area contributed by atoms with Crippen molar-refractivity contribution in [3.63, 3.8) is 0 Å². The monoisotopic (exact) mass is 1490 g/mol. The highest BCUT2D eigenvalue weighted by atomic mass is 32.1. The molecule has 0 saturated carbocycles. The lowest BCUT2D eigenvalue weighted by atomic mass is 10.1. The Balaban J connectivity index is 0.000000135. The van der Waals surface area contributed by atoms with Crippen LogP contribution in [0.2, 0.25) is 0 Å². The van der Waals surface area contributed by atoms with Crippen molar-refractivity contribution in [2.24, 2.45) is 0 Å². The van der Waals surface area contributed by atoms with Gasteiger partial charge in [0.15, 0.2) is 34.9 Å². The van der Waals surface area contributed by atoms with Crippen LogP contribution in [0.5, 0.6) is 0 Å². The summed E-state index contributed by atoms with van der Waals surface area (Å²) in [7, 11) is 0. The van der Waals surface area contributed by atoms with Gasteiger partial charge in [-0.3, -0.25) is 0 Å². The van der Waals surface area contributed by atoms with Crippen LogP contribution in [0.3, 0.4) is 0 Å². The van der Waals surface area contributed by atoms with E-state index in [2.05, 4.69) is 273 Å². The zero-order chi connectivity index (χ0) is 74.9. The van der Waals surface area contributed by atoms with Gasteiger partial charge in [0.1, 0.15) is 0 Å². The topological polar surface area (TPSA) is 97.1 Å². The maximum atomic E-state index is 5.04. The van der Waals surface area contributed by atoms with Crippen LogP contribution in [-0.4, -0.2) is 48.2 Å². The number of rotatable bonds is 10. The number of para-hydroxylation sites is 4. The highest BCUT2D eigenvalue weighted by Crippen LogP contribution is 2.47. The van der Waals surface area contributed by atoms with Crippen LogP contribution < -0.4 is 0 Å². The van der Waals surface area contributed by atoms with E-state index in [-0.39, 0.29) is 0 Å². The van der Waals surface area contributed by atoms with Crippen LogP contribution in [0, 0.1) is 0 Å². The third-order valence-electron chi connectivity index (χ3n) is 22.3. The number of fused-ring (bicyclic) bond motifs is 20. The Kier molecular flexibility index (Phi) is 15.1. The second-order valence-electron chi connectivity index (χ2n) is 28.9. The molecular formula is C102H62N10S2. The van der Waals surface area contributed by atoms with Crippen molar-refractivity contribution in [1.29, 1.82) is 0 Å². The first-order valence-corrected chi connectivity index (χ1v) is 39.9. The number of aromatic nitrogens is 10. The average Bonchev–Trinajstić information content (AvgIpc) is 1.56. The van der Waals surface area contributed by atoms with E-state index in [0.29, 0.717) is 34.9 Å². The molecule has 8 aromatic heterocycles. The number of benzene rings is 16. The fraction of sp³-hybridized carbons (Fsp3) is 0. The molecule has 8 heterocycles. The first kappa shape index (κ1) is 65.1. The fourth-order valence-corrected chi connectivity index (χ4v) is 19.7. The molecule has 10 nitrogen and oxygen atoms in total. The van der Waals surface area contributed by atoms with E-state index in [1.807, 2.05) is 144 Å². The molecule has 0 N–H and O–H groups in total. The molecule has 0 aliphatic heterocycles. The lowest BCUT2D eigenvalue weighted by Gasteiger charge is -2.12. The smallest absolute Gasteiger partial charge is 0.164 e. The number of hydrogen-bond donors (Lipinski definition) is 0. The molecule has 16 aromatic carbocycles. The molecule has 114 heavy (non-hydrogen) atoms. The molecular weight excluding hydrogens is 1430 g/mol. The van der Waals surface area contributed by atoms with E-state index >= 15 is 0 Å². The van der Waals surface area contributed by atoms with Gasteiger partial charge in [-0.2, -0.15) is 0 Å². The minimum absolute atomic E-state index is 0.631. The SMILES string of the molecule is c1ccc(-c2nc(-c3ccccc3)nc(-c3ccc(-n4c5ccccc5c5cc(-n6c7ccccc7c7ccc8c9ccccc9sc8c76)ccc54)cc3)n2)cc1.c1ccc(-c2nc(-c3ccccc3)nc(-c3cccc(-n4c5ccccc5c5cc(-n6c7ccccc7c7ccc8c9ccccc9sc8c76)ccc54)c3)n2)cc1. The Morgan fingerprint density at radius 2 is 0.447 bits per heavy atom. The summed E-state index contributed by atoms with van der Waals surface area (Å²) in [6.07, 6.45) is 0. The maximum absolute atomic E-state index is 5.04. The summed E-state index contributed by atoms with van der Waals surface area (Å²) in [4.78, 5) is 29.8. The summed E-state index contributed by atoms with van der Waals surface area (Å²) in [6, 6.07) is 133. The van der Waals surface area contributed by atoms with Gasteiger partial charge in [0.2, 0.25) is 0 Å². The van der Waals surface area contributed by atoms with Gasteiger partial charge in [-0.05, 0) is 109 Å². The van der Waals surface area contributed by atoms with Gasteiger partial charge >= 0.3 is 0 Å². The molecule has 24 aromatic rings. The van der Waals surface area contributed by atoms with Crippen LogP contribution in [0.15, 0.2) is 376 Å². The molecule has 0 radical (unpaired) electrons. The normalized spacial score (nSPS) is 11.9. The Morgan fingerprint density at radius 1 is 0.167 bits per heavy atom. The van der Waals surface area contributed by atoms with Crippen molar-refractivity contribution in [2.75, 3.05) is 0 Å². The van der Waals surface area contributed by atoms with Crippen molar-refractivity contribution >= 4 is 150 Å². The highest BCUT2D eigenvalue weighted by Gasteiger charge is 2.24. The zero-order valence-electron chi connectivity index (χ0n) is 61.1. The van der Waals surface area contributed by atoms with E-state index < -0.39 is 0 Å². The molecule has 0 spiro atoms. The molecule has 0 aliphatic rings. The van der Waals surface area contributed by atoms with Crippen LogP contribution in [0.1, 0.15) is 0 Å². The molecule has 0 atom stereocenters. The summed E-state index contributed by atoms with van der Waals surface area (Å²) >= 11 is 3.77. The molecule has 0 saturated heterocycles. The van der Waals surface area contributed by atoms with Gasteiger partial charge in [0.05, 0.1) is 53.5 Å². The van der Waals surface area contributed by atoms with Gasteiger partial charge in [-0.25, -0.2) is 29.9 Å². The third-order valence-corrected chi connectivity index (χ3v) is 24.7. The van der Waals surface area contributed by atoms with Crippen LogP contribution in [0.4, 0.5) is 0 Å². The lowest BCUT2D eigenvalue weighted by molar-refractivity contribution is 1.07. The molecule has 0 bridgehead atoms. The predicted molar refractivity (Wildman–Crippen MR) is 475 cm³/mol. The first-order chi connectivity index (χ1) is 56.5. The second kappa shape index (κ2) is 26.5. The van der Waals surface area contributed by atoms with Crippen LogP contribution in [0.25, 0.3) is 219 Å². The fourth-order valence-electron chi connectivity index (χ4n) is 17.2. The highest BCUT2D eigenvalue weighted by molar-refractivity contribution is 7.27. The van der Waals surface area contributed by atoms with Crippen molar-refractivity contribution in [3.8, 4) is 91.1 Å². The molecule has 12 heteroatoms. The quantitative estimate of drug-likeness (QED) is 0.135. The standard InChI is InChI=1S/2C51H31N5S/c1-3-14-32(15-4-1)49-52-50(33-16-5-2-6-17-33)54-51(53-49)34-18-13-19-35(30-34)55-43-23-10-8-21-38(43)42-31-36(26-29-45(42)55)56-44-24-11-7-20-37(44)40-27-28-41-39-22-9-12-25-46(39)57-48(41)47(40)56;1-3-13-32(14-4-1)49-52-50(33-15-5-2-6-16-33)54-51(53-49)34-23-25-35(26-24-34)55-43-20-10-8-18-38(43)42-31-36(27-30-45(42)55)56-44-21-11-7-17-37(44)40-28-29-41-39-19-9-12-22-46(39)57-48(41)47(40)56/h2*1-31H. The molecule has 0 fully saturated rings. The Morgan fingerprint density at radius 3 is 0.851 bits per heavy atom. The minimum atomic E-state index is 0.631. The number of thiophene rings is 2. The maximum Gasteiger partial charge on any atom is 0.164 e. The summed E-state index contributed by atoms with van der Waals surface area (Å²) in [5, 5.41) is 15.1. The van der Waals surface area contributed by atoms with E-state index in [4.69, 9.17) is 29.9 Å². The van der Waals surface area contributed by atoms with E-state index in [1.54, 1.807) is 0 Å². The summed E-state index contributed by atoms with van der Waals surface area (Å²) in [6.45, 7) is 0. The van der Waals surface area contributed by atoms with Gasteiger partial charge < -0.3 is 18.3 Å². The van der Waals surface area contributed by atoms with E-state index in [0.717, 1.165) is 78.2 Å². The van der Waals surface area contributed by atoms with Crippen molar-refractivity contribution in [3.05, 3.63) is 376 Å². The minimum Gasteiger partial charge on any atom is -0.309 e. The third kappa shape index (κ3) is 10.6. The van der Waals surface area contributed by atoms with Gasteiger partial charge in [-0.15, -0.1) is 22.7 Å². The molecule has 0 unspecified atom stereocenters. The molecule has 532 valence electrons. The van der Waals surface area contributed by atoms with E-state index in [9.17, 15) is 0 Å². The first-order valence-electron chi connectivity index (χ1n) is 38.2. The largest absolute Gasteiger partial charge is 0.309 e. The van der Waals surface area contributed by atoms with Crippen LogP contribution >= 0.6 is 22.7 Å². The predicted octanol–water partition coefficient (Wildman–Crippen LogP) is 26.9. The van der Waals surface area contributed by atoms with Gasteiger partial charge in [-0.1, -0.05) is 267 Å². The van der Waals surface area contributed by atoms with Gasteiger partial charge in [0, 0.05) is 130 Å².